The summed E-state index contributed by atoms with van der Waals surface area (Å²) in [5, 5.41) is 11.4. The lowest BCUT2D eigenvalue weighted by Gasteiger charge is -2.25. The van der Waals surface area contributed by atoms with Crippen molar-refractivity contribution in [1.82, 2.24) is 5.32 Å². The fourth-order valence-electron chi connectivity index (χ4n) is 1.54. The average molecular weight is 337 g/mol. The van der Waals surface area contributed by atoms with Crippen molar-refractivity contribution in [3.8, 4) is 0 Å². The van der Waals surface area contributed by atoms with Crippen LogP contribution in [0.5, 0.6) is 0 Å². The van der Waals surface area contributed by atoms with Crippen molar-refractivity contribution in [3.05, 3.63) is 12.7 Å². The highest BCUT2D eigenvalue weighted by atomic mass is 32.2. The van der Waals surface area contributed by atoms with Crippen LogP contribution in [0.3, 0.4) is 0 Å². The van der Waals surface area contributed by atoms with Gasteiger partial charge in [0, 0.05) is 5.92 Å². The van der Waals surface area contributed by atoms with E-state index in [-0.39, 0.29) is 13.0 Å². The number of carbonyl (C=O) groups is 2. The SMILES string of the molecule is C=C[C@@H](CCOS(C)(=O)=O)[C@H](NC(=O)OC(C)(C)C)C(=O)O. The summed E-state index contributed by atoms with van der Waals surface area (Å²) >= 11 is 0. The molecule has 0 unspecified atom stereocenters. The highest BCUT2D eigenvalue weighted by Gasteiger charge is 2.29. The fraction of sp³-hybridized carbons (Fsp3) is 0.692. The molecule has 0 aromatic rings. The molecule has 0 saturated carbocycles. The van der Waals surface area contributed by atoms with Crippen LogP contribution in [0.4, 0.5) is 4.79 Å². The normalized spacial score (nSPS) is 14.7. The number of aliphatic carboxylic acids is 1. The van der Waals surface area contributed by atoms with Gasteiger partial charge in [-0.15, -0.1) is 6.58 Å². The molecule has 0 aromatic heterocycles. The van der Waals surface area contributed by atoms with Crippen LogP contribution in [0.1, 0.15) is 27.2 Å². The summed E-state index contributed by atoms with van der Waals surface area (Å²) in [7, 11) is -3.61. The van der Waals surface area contributed by atoms with Crippen LogP contribution >= 0.6 is 0 Å². The van der Waals surface area contributed by atoms with Gasteiger partial charge in [0.1, 0.15) is 11.6 Å². The van der Waals surface area contributed by atoms with E-state index in [1.165, 1.54) is 6.08 Å². The van der Waals surface area contributed by atoms with Crippen LogP contribution in [0.2, 0.25) is 0 Å². The minimum Gasteiger partial charge on any atom is -0.480 e. The summed E-state index contributed by atoms with van der Waals surface area (Å²) in [5.74, 6) is -2.00. The Morgan fingerprint density at radius 3 is 2.27 bits per heavy atom. The molecule has 0 saturated heterocycles. The molecule has 0 aromatic carbocycles. The maximum absolute atomic E-state index is 11.7. The van der Waals surface area contributed by atoms with Crippen molar-refractivity contribution < 1.29 is 32.0 Å². The highest BCUT2D eigenvalue weighted by molar-refractivity contribution is 7.85. The van der Waals surface area contributed by atoms with Crippen molar-refractivity contribution in [2.75, 3.05) is 12.9 Å². The van der Waals surface area contributed by atoms with Gasteiger partial charge in [-0.05, 0) is 27.2 Å². The predicted octanol–water partition coefficient (Wildman–Crippen LogP) is 1.13. The zero-order valence-corrected chi connectivity index (χ0v) is 14.0. The van der Waals surface area contributed by atoms with Crippen LogP contribution in [-0.2, 0) is 23.8 Å². The first-order chi connectivity index (χ1) is 9.85. The lowest BCUT2D eigenvalue weighted by atomic mass is 9.97. The van der Waals surface area contributed by atoms with Crippen molar-refractivity contribution in [2.45, 2.75) is 38.8 Å². The van der Waals surface area contributed by atoms with Gasteiger partial charge >= 0.3 is 12.1 Å². The van der Waals surface area contributed by atoms with Crippen LogP contribution in [-0.4, -0.2) is 50.1 Å². The molecular formula is C13H23NO7S. The Morgan fingerprint density at radius 1 is 1.36 bits per heavy atom. The van der Waals surface area contributed by atoms with Gasteiger partial charge in [0.25, 0.3) is 10.1 Å². The number of amides is 1. The molecule has 2 atom stereocenters. The van der Waals surface area contributed by atoms with Gasteiger partial charge in [-0.25, -0.2) is 9.59 Å². The van der Waals surface area contributed by atoms with E-state index in [2.05, 4.69) is 16.1 Å². The third kappa shape index (κ3) is 9.35. The Balaban J connectivity index is 4.78. The summed E-state index contributed by atoms with van der Waals surface area (Å²) in [4.78, 5) is 23.0. The topological polar surface area (TPSA) is 119 Å². The van der Waals surface area contributed by atoms with Gasteiger partial charge in [-0.1, -0.05) is 6.08 Å². The Bertz CT molecular complexity index is 507. The Labute approximate surface area is 130 Å². The molecule has 2 N–H and O–H groups in total. The Hall–Kier alpha value is -1.61. The molecule has 0 aliphatic heterocycles. The molecule has 0 aliphatic carbocycles. The maximum Gasteiger partial charge on any atom is 0.408 e. The monoisotopic (exact) mass is 337 g/mol. The number of alkyl carbamates (subject to hydrolysis) is 1. The second-order valence-electron chi connectivity index (χ2n) is 5.68. The second kappa shape index (κ2) is 8.14. The van der Waals surface area contributed by atoms with Crippen LogP contribution < -0.4 is 5.32 Å². The van der Waals surface area contributed by atoms with E-state index in [4.69, 9.17) is 4.74 Å². The third-order valence-electron chi connectivity index (χ3n) is 2.42. The molecule has 0 heterocycles. The molecule has 0 radical (unpaired) electrons. The molecule has 9 heteroatoms. The van der Waals surface area contributed by atoms with Gasteiger partial charge in [-0.2, -0.15) is 8.42 Å². The van der Waals surface area contributed by atoms with Crippen molar-refractivity contribution in [1.29, 1.82) is 0 Å². The van der Waals surface area contributed by atoms with Gasteiger partial charge in [0.15, 0.2) is 0 Å². The van der Waals surface area contributed by atoms with Gasteiger partial charge < -0.3 is 15.2 Å². The molecule has 0 aliphatic rings. The molecule has 128 valence electrons. The van der Waals surface area contributed by atoms with Crippen molar-refractivity contribution in [3.63, 3.8) is 0 Å². The first kappa shape index (κ1) is 20.4. The Kier molecular flexibility index (Phi) is 7.54. The number of carboxylic acid groups (broad SMARTS) is 1. The summed E-state index contributed by atoms with van der Waals surface area (Å²) in [5.41, 5.74) is -0.768. The molecule has 0 bridgehead atoms. The minimum atomic E-state index is -3.61. The van der Waals surface area contributed by atoms with Crippen molar-refractivity contribution in [2.24, 2.45) is 5.92 Å². The van der Waals surface area contributed by atoms with E-state index < -0.39 is 39.7 Å². The molecule has 0 rings (SSSR count). The van der Waals surface area contributed by atoms with Crippen molar-refractivity contribution >= 4 is 22.2 Å². The molecular weight excluding hydrogens is 314 g/mol. The first-order valence-electron chi connectivity index (χ1n) is 6.55. The molecule has 8 nitrogen and oxygen atoms in total. The van der Waals surface area contributed by atoms with Gasteiger partial charge in [-0.3, -0.25) is 4.18 Å². The summed E-state index contributed by atoms with van der Waals surface area (Å²) < 4.78 is 31.3. The smallest absolute Gasteiger partial charge is 0.408 e. The van der Waals surface area contributed by atoms with E-state index in [0.29, 0.717) is 0 Å². The molecule has 0 spiro atoms. The Morgan fingerprint density at radius 2 is 1.91 bits per heavy atom. The zero-order chi connectivity index (χ0) is 17.6. The number of carboxylic acids is 1. The van der Waals surface area contributed by atoms with Crippen LogP contribution in [0, 0.1) is 5.92 Å². The van der Waals surface area contributed by atoms with Gasteiger partial charge in [0.2, 0.25) is 0 Å². The highest BCUT2D eigenvalue weighted by Crippen LogP contribution is 2.14. The van der Waals surface area contributed by atoms with E-state index in [1.807, 2.05) is 0 Å². The number of hydrogen-bond acceptors (Lipinski definition) is 6. The van der Waals surface area contributed by atoms with E-state index in [0.717, 1.165) is 6.26 Å². The van der Waals surface area contributed by atoms with Crippen LogP contribution in [0.15, 0.2) is 12.7 Å². The lowest BCUT2D eigenvalue weighted by Crippen LogP contribution is -2.47. The standard InChI is InChI=1S/C13H23NO7S/c1-6-9(7-8-20-22(5,18)19)10(11(15)16)14-12(17)21-13(2,3)4/h6,9-10H,1,7-8H2,2-5H3,(H,14,17)(H,15,16)/t9-,10-/m0/s1. The number of rotatable bonds is 8. The maximum atomic E-state index is 11.7. The fourth-order valence-corrected chi connectivity index (χ4v) is 1.94. The molecule has 1 amide bonds. The van der Waals surface area contributed by atoms with Crippen LogP contribution in [0.25, 0.3) is 0 Å². The lowest BCUT2D eigenvalue weighted by molar-refractivity contribution is -0.140. The van der Waals surface area contributed by atoms with E-state index in [9.17, 15) is 23.1 Å². The number of nitrogens with one attached hydrogen (secondary N) is 1. The zero-order valence-electron chi connectivity index (χ0n) is 13.2. The number of hydrogen-bond donors (Lipinski definition) is 2. The third-order valence-corrected chi connectivity index (χ3v) is 3.01. The summed E-state index contributed by atoms with van der Waals surface area (Å²) in [6, 6.07) is -1.30. The summed E-state index contributed by atoms with van der Waals surface area (Å²) in [6.07, 6.45) is 1.39. The van der Waals surface area contributed by atoms with E-state index >= 15 is 0 Å². The number of ether oxygens (including phenoxy) is 1. The van der Waals surface area contributed by atoms with Gasteiger partial charge in [0.05, 0.1) is 12.9 Å². The number of carbonyl (C=O) groups excluding carboxylic acids is 1. The average Bonchev–Trinajstić information content (AvgIpc) is 2.28. The predicted molar refractivity (Wildman–Crippen MR) is 79.9 cm³/mol. The van der Waals surface area contributed by atoms with E-state index in [1.54, 1.807) is 20.8 Å². The quantitative estimate of drug-likeness (QED) is 0.503. The minimum absolute atomic E-state index is 0.0589. The largest absolute Gasteiger partial charge is 0.480 e. The molecule has 0 fully saturated rings. The second-order valence-corrected chi connectivity index (χ2v) is 7.32. The summed E-state index contributed by atoms with van der Waals surface area (Å²) in [6.45, 7) is 8.23. The molecule has 22 heavy (non-hydrogen) atoms. The first-order valence-corrected chi connectivity index (χ1v) is 8.36.